The van der Waals surface area contributed by atoms with Gasteiger partial charge in [0.05, 0.1) is 10.6 Å². The first-order valence-corrected chi connectivity index (χ1v) is 10.3. The van der Waals surface area contributed by atoms with Crippen LogP contribution in [0, 0.1) is 6.92 Å². The Morgan fingerprint density at radius 2 is 1.96 bits per heavy atom. The van der Waals surface area contributed by atoms with E-state index in [0.29, 0.717) is 15.0 Å². The largest absolute Gasteiger partial charge is 0.277 e. The Morgan fingerprint density at radius 3 is 2.73 bits per heavy atom. The maximum absolute atomic E-state index is 12.5. The molecule has 0 fully saturated rings. The predicted octanol–water partition coefficient (Wildman–Crippen LogP) is 5.45. The summed E-state index contributed by atoms with van der Waals surface area (Å²) in [6, 6.07) is 13.4. The van der Waals surface area contributed by atoms with Gasteiger partial charge in [-0.3, -0.25) is 9.71 Å². The number of hydrogen-bond donors (Lipinski definition) is 1. The molecule has 4 nitrogen and oxygen atoms in total. The maximum atomic E-state index is 12.5. The zero-order valence-corrected chi connectivity index (χ0v) is 16.2. The van der Waals surface area contributed by atoms with E-state index in [1.165, 1.54) is 11.3 Å². The average molecular weight is 400 g/mol. The molecule has 0 saturated carbocycles. The molecule has 1 atom stereocenters. The van der Waals surface area contributed by atoms with Crippen molar-refractivity contribution in [3.63, 3.8) is 0 Å². The second-order valence-electron chi connectivity index (χ2n) is 5.71. The SMILES string of the molecule is Cc1cc(Cl)ccc1-c1nccc2cc(S(=O)Nc3nccs3)ccc12. The van der Waals surface area contributed by atoms with E-state index >= 15 is 0 Å². The molecule has 0 aliphatic rings. The molecule has 7 heteroatoms. The summed E-state index contributed by atoms with van der Waals surface area (Å²) in [5, 5.41) is 5.17. The number of aryl methyl sites for hydroxylation is 1. The fourth-order valence-electron chi connectivity index (χ4n) is 2.79. The average Bonchev–Trinajstić information content (AvgIpc) is 3.14. The minimum absolute atomic E-state index is 0.635. The van der Waals surface area contributed by atoms with Gasteiger partial charge < -0.3 is 0 Å². The van der Waals surface area contributed by atoms with E-state index in [4.69, 9.17) is 11.6 Å². The summed E-state index contributed by atoms with van der Waals surface area (Å²) < 4.78 is 15.5. The van der Waals surface area contributed by atoms with Crippen LogP contribution >= 0.6 is 22.9 Å². The summed E-state index contributed by atoms with van der Waals surface area (Å²) >= 11 is 7.49. The number of halogens is 1. The van der Waals surface area contributed by atoms with Gasteiger partial charge in [-0.25, -0.2) is 9.19 Å². The molecule has 1 N–H and O–H groups in total. The minimum atomic E-state index is -1.37. The molecule has 0 aliphatic heterocycles. The normalized spacial score (nSPS) is 12.2. The van der Waals surface area contributed by atoms with Gasteiger partial charge in [-0.05, 0) is 48.2 Å². The summed E-state index contributed by atoms with van der Waals surface area (Å²) in [4.78, 5) is 9.36. The highest BCUT2D eigenvalue weighted by Gasteiger charge is 2.11. The zero-order valence-electron chi connectivity index (χ0n) is 13.8. The molecule has 2 heterocycles. The maximum Gasteiger partial charge on any atom is 0.194 e. The number of pyridine rings is 1. The van der Waals surface area contributed by atoms with Crippen LogP contribution < -0.4 is 4.72 Å². The van der Waals surface area contributed by atoms with Gasteiger partial charge in [0.25, 0.3) is 0 Å². The number of fused-ring (bicyclic) bond motifs is 1. The van der Waals surface area contributed by atoms with E-state index in [9.17, 15) is 4.21 Å². The number of hydrogen-bond acceptors (Lipinski definition) is 4. The van der Waals surface area contributed by atoms with E-state index < -0.39 is 11.0 Å². The fourth-order valence-corrected chi connectivity index (χ4v) is 4.56. The van der Waals surface area contributed by atoms with Gasteiger partial charge in [0.2, 0.25) is 0 Å². The lowest BCUT2D eigenvalue weighted by atomic mass is 10.0. The zero-order chi connectivity index (χ0) is 18.1. The molecular formula is C19H14ClN3OS2. The Hall–Kier alpha value is -2.28. The number of nitrogens with one attached hydrogen (secondary N) is 1. The summed E-state index contributed by atoms with van der Waals surface area (Å²) in [6.07, 6.45) is 3.45. The van der Waals surface area contributed by atoms with Crippen molar-refractivity contribution in [2.24, 2.45) is 0 Å². The highest BCUT2D eigenvalue weighted by Crippen LogP contribution is 2.31. The second-order valence-corrected chi connectivity index (χ2v) is 8.25. The number of benzene rings is 2. The molecule has 0 saturated heterocycles. The molecule has 4 aromatic rings. The van der Waals surface area contributed by atoms with Crippen LogP contribution in [0.4, 0.5) is 5.13 Å². The number of thiazole rings is 1. The molecule has 26 heavy (non-hydrogen) atoms. The molecule has 0 amide bonds. The summed E-state index contributed by atoms with van der Waals surface area (Å²) in [7, 11) is -1.37. The van der Waals surface area contributed by atoms with Gasteiger partial charge in [-0.2, -0.15) is 0 Å². The molecule has 0 spiro atoms. The van der Waals surface area contributed by atoms with E-state index in [-0.39, 0.29) is 0 Å². The molecule has 130 valence electrons. The Bertz CT molecular complexity index is 1110. The third-order valence-electron chi connectivity index (χ3n) is 4.01. The van der Waals surface area contributed by atoms with Crippen LogP contribution in [0.1, 0.15) is 5.56 Å². The second kappa shape index (κ2) is 7.15. The molecule has 4 rings (SSSR count). The van der Waals surface area contributed by atoms with Crippen molar-refractivity contribution >= 4 is 49.8 Å². The first-order chi connectivity index (χ1) is 12.6. The van der Waals surface area contributed by atoms with Crippen LogP contribution in [0.15, 0.2) is 65.1 Å². The quantitative estimate of drug-likeness (QED) is 0.496. The van der Waals surface area contributed by atoms with E-state index in [1.807, 2.05) is 54.8 Å². The lowest BCUT2D eigenvalue weighted by molar-refractivity contribution is 0.686. The van der Waals surface area contributed by atoms with Gasteiger partial charge in [0.1, 0.15) is 0 Å². The van der Waals surface area contributed by atoms with Crippen LogP contribution in [0.25, 0.3) is 22.0 Å². The minimum Gasteiger partial charge on any atom is -0.277 e. The smallest absolute Gasteiger partial charge is 0.194 e. The van der Waals surface area contributed by atoms with E-state index in [2.05, 4.69) is 14.7 Å². The molecule has 1 unspecified atom stereocenters. The van der Waals surface area contributed by atoms with Crippen LogP contribution in [-0.4, -0.2) is 14.2 Å². The Morgan fingerprint density at radius 1 is 1.08 bits per heavy atom. The van der Waals surface area contributed by atoms with E-state index in [1.54, 1.807) is 12.4 Å². The number of anilines is 1. The molecule has 0 radical (unpaired) electrons. The lowest BCUT2D eigenvalue weighted by Crippen LogP contribution is -2.04. The van der Waals surface area contributed by atoms with Crippen molar-refractivity contribution in [2.45, 2.75) is 11.8 Å². The van der Waals surface area contributed by atoms with Gasteiger partial charge in [0, 0.05) is 33.7 Å². The van der Waals surface area contributed by atoms with Crippen molar-refractivity contribution in [3.8, 4) is 11.3 Å². The number of nitrogens with zero attached hydrogens (tertiary/aromatic N) is 2. The van der Waals surface area contributed by atoms with Gasteiger partial charge in [-0.15, -0.1) is 11.3 Å². The number of aromatic nitrogens is 2. The molecular weight excluding hydrogens is 386 g/mol. The van der Waals surface area contributed by atoms with Crippen molar-refractivity contribution in [3.05, 3.63) is 70.8 Å². The van der Waals surface area contributed by atoms with Crippen molar-refractivity contribution in [1.29, 1.82) is 0 Å². The van der Waals surface area contributed by atoms with Gasteiger partial charge >= 0.3 is 0 Å². The molecule has 0 aliphatic carbocycles. The Kier molecular flexibility index (Phi) is 4.72. The van der Waals surface area contributed by atoms with Crippen LogP contribution in [0.2, 0.25) is 5.02 Å². The first kappa shape index (κ1) is 17.1. The van der Waals surface area contributed by atoms with Crippen LogP contribution in [0.3, 0.4) is 0 Å². The third-order valence-corrected chi connectivity index (χ3v) is 6.12. The monoisotopic (exact) mass is 399 g/mol. The fraction of sp³-hybridized carbons (Fsp3) is 0.0526. The first-order valence-electron chi connectivity index (χ1n) is 7.85. The van der Waals surface area contributed by atoms with Gasteiger partial charge in [0.15, 0.2) is 16.1 Å². The lowest BCUT2D eigenvalue weighted by Gasteiger charge is -2.10. The number of rotatable bonds is 4. The van der Waals surface area contributed by atoms with Crippen LogP contribution in [0.5, 0.6) is 0 Å². The highest BCUT2D eigenvalue weighted by atomic mass is 35.5. The molecule has 2 aromatic heterocycles. The van der Waals surface area contributed by atoms with Gasteiger partial charge in [-0.1, -0.05) is 23.7 Å². The molecule has 2 aromatic carbocycles. The van der Waals surface area contributed by atoms with Crippen LogP contribution in [-0.2, 0) is 11.0 Å². The Balaban J connectivity index is 1.75. The highest BCUT2D eigenvalue weighted by molar-refractivity contribution is 7.86. The van der Waals surface area contributed by atoms with Crippen molar-refractivity contribution in [2.75, 3.05) is 4.72 Å². The third kappa shape index (κ3) is 3.35. The van der Waals surface area contributed by atoms with Crippen molar-refractivity contribution < 1.29 is 4.21 Å². The molecule has 0 bridgehead atoms. The standard InChI is InChI=1S/C19H14ClN3OS2/c1-12-10-14(20)2-4-16(12)18-17-5-3-15(11-13(17)6-7-21-18)26(24)23-19-22-8-9-25-19/h2-11H,1H3,(H,22,23). The Labute approximate surface area is 162 Å². The van der Waals surface area contributed by atoms with Crippen molar-refractivity contribution in [1.82, 2.24) is 9.97 Å². The summed E-state index contributed by atoms with van der Waals surface area (Å²) in [5.41, 5.74) is 2.99. The predicted molar refractivity (Wildman–Crippen MR) is 109 cm³/mol. The van der Waals surface area contributed by atoms with E-state index in [0.717, 1.165) is 27.6 Å². The summed E-state index contributed by atoms with van der Waals surface area (Å²) in [5.74, 6) is 0. The topological polar surface area (TPSA) is 54.9 Å². The summed E-state index contributed by atoms with van der Waals surface area (Å²) in [6.45, 7) is 2.02.